The lowest BCUT2D eigenvalue weighted by Gasteiger charge is -2.26. The van der Waals surface area contributed by atoms with E-state index < -0.39 is 11.6 Å². The summed E-state index contributed by atoms with van der Waals surface area (Å²) in [5.41, 5.74) is 0.598. The number of rotatable bonds is 2. The van der Waals surface area contributed by atoms with Crippen LogP contribution in [0.4, 0.5) is 4.79 Å². The van der Waals surface area contributed by atoms with Crippen molar-refractivity contribution in [3.05, 3.63) is 35.9 Å². The zero-order chi connectivity index (χ0) is 10.6. The number of carbonyl (C=O) groups excluding carboxylic acids is 1. The van der Waals surface area contributed by atoms with Gasteiger partial charge in [0.2, 0.25) is 0 Å². The summed E-state index contributed by atoms with van der Waals surface area (Å²) in [5.74, 6) is 0. The molecular weight excluding hydrogens is 200 g/mol. The van der Waals surface area contributed by atoms with Crippen LogP contribution in [-0.4, -0.2) is 6.03 Å². The molecule has 0 aliphatic rings. The van der Waals surface area contributed by atoms with Crippen LogP contribution in [0.25, 0.3) is 0 Å². The maximum atomic E-state index is 11.0. The second-order valence-corrected chi connectivity index (χ2v) is 3.73. The summed E-state index contributed by atoms with van der Waals surface area (Å²) in [6.07, 6.45) is 0. The molecule has 2 N–H and O–H groups in total. The van der Waals surface area contributed by atoms with Gasteiger partial charge in [-0.25, -0.2) is 9.63 Å². The Morgan fingerprint density at radius 1 is 1.29 bits per heavy atom. The Morgan fingerprint density at radius 3 is 2.36 bits per heavy atom. The van der Waals surface area contributed by atoms with Crippen molar-refractivity contribution in [1.29, 1.82) is 0 Å². The molecule has 0 spiro atoms. The third-order valence-electron chi connectivity index (χ3n) is 2.01. The van der Waals surface area contributed by atoms with Crippen LogP contribution in [0.3, 0.4) is 0 Å². The Balaban J connectivity index is 2.80. The molecule has 0 saturated heterocycles. The van der Waals surface area contributed by atoms with Crippen molar-refractivity contribution in [3.63, 3.8) is 0 Å². The highest BCUT2D eigenvalue weighted by Crippen LogP contribution is 2.18. The van der Waals surface area contributed by atoms with E-state index in [9.17, 15) is 4.79 Å². The maximum Gasteiger partial charge on any atom is 0.330 e. The minimum absolute atomic E-state index is 0.402. The summed E-state index contributed by atoms with van der Waals surface area (Å²) in [6, 6.07) is 9.29. The van der Waals surface area contributed by atoms with Crippen LogP contribution in [0.2, 0.25) is 0 Å². The lowest BCUT2D eigenvalue weighted by atomic mass is 9.95. The van der Waals surface area contributed by atoms with Crippen LogP contribution < -0.4 is 10.2 Å². The van der Waals surface area contributed by atoms with E-state index in [0.717, 1.165) is 5.56 Å². The minimum atomic E-state index is -0.430. The van der Waals surface area contributed by atoms with Crippen molar-refractivity contribution in [2.24, 2.45) is 0 Å². The molecular formula is C10H13ClN2O. The Kier molecular flexibility index (Phi) is 3.36. The van der Waals surface area contributed by atoms with E-state index in [1.54, 1.807) is 0 Å². The SMILES string of the molecule is CC(C)(NC(=O)NCl)c1ccccc1. The van der Waals surface area contributed by atoms with E-state index in [2.05, 4.69) is 5.32 Å². The smallest absolute Gasteiger partial charge is 0.328 e. The van der Waals surface area contributed by atoms with E-state index in [1.807, 2.05) is 49.0 Å². The Bertz CT molecular complexity index is 311. The molecule has 4 heteroatoms. The Labute approximate surface area is 88.6 Å². The second kappa shape index (κ2) is 4.33. The molecule has 0 radical (unpaired) electrons. The van der Waals surface area contributed by atoms with E-state index >= 15 is 0 Å². The topological polar surface area (TPSA) is 41.1 Å². The fourth-order valence-electron chi connectivity index (χ4n) is 1.23. The zero-order valence-corrected chi connectivity index (χ0v) is 8.93. The fraction of sp³-hybridized carbons (Fsp3) is 0.300. The largest absolute Gasteiger partial charge is 0.330 e. The number of amides is 2. The molecule has 76 valence electrons. The van der Waals surface area contributed by atoms with Crippen LogP contribution in [0.1, 0.15) is 19.4 Å². The number of halogens is 1. The molecule has 0 aromatic heterocycles. The third-order valence-corrected chi connectivity index (χ3v) is 2.18. The average molecular weight is 213 g/mol. The van der Waals surface area contributed by atoms with Crippen molar-refractivity contribution in [2.45, 2.75) is 19.4 Å². The number of hydrogen-bond donors (Lipinski definition) is 2. The maximum absolute atomic E-state index is 11.0. The van der Waals surface area contributed by atoms with Crippen molar-refractivity contribution >= 4 is 17.8 Å². The highest BCUT2D eigenvalue weighted by Gasteiger charge is 2.21. The molecule has 14 heavy (non-hydrogen) atoms. The molecule has 0 saturated carbocycles. The van der Waals surface area contributed by atoms with Crippen molar-refractivity contribution in [2.75, 3.05) is 0 Å². The summed E-state index contributed by atoms with van der Waals surface area (Å²) >= 11 is 5.18. The molecule has 3 nitrogen and oxygen atoms in total. The quantitative estimate of drug-likeness (QED) is 0.727. The highest BCUT2D eigenvalue weighted by atomic mass is 35.5. The number of benzene rings is 1. The van der Waals surface area contributed by atoms with Crippen molar-refractivity contribution in [1.82, 2.24) is 10.2 Å². The summed E-state index contributed by atoms with van der Waals surface area (Å²) in [5, 5.41) is 2.74. The molecule has 0 fully saturated rings. The summed E-state index contributed by atoms with van der Waals surface area (Å²) in [4.78, 5) is 13.1. The molecule has 0 aliphatic heterocycles. The van der Waals surface area contributed by atoms with Gasteiger partial charge in [0.15, 0.2) is 0 Å². The van der Waals surface area contributed by atoms with Crippen LogP contribution in [0.15, 0.2) is 30.3 Å². The van der Waals surface area contributed by atoms with Gasteiger partial charge in [-0.05, 0) is 19.4 Å². The number of urea groups is 1. The Hall–Kier alpha value is -1.22. The summed E-state index contributed by atoms with van der Waals surface area (Å²) in [7, 11) is 0. The standard InChI is InChI=1S/C10H13ClN2O/c1-10(2,12-9(14)13-11)8-6-4-3-5-7-8/h3-7H,1-2H3,(H2,12,13,14). The average Bonchev–Trinajstić information content (AvgIpc) is 2.18. The van der Waals surface area contributed by atoms with Gasteiger partial charge >= 0.3 is 6.03 Å². The van der Waals surface area contributed by atoms with Crippen LogP contribution in [-0.2, 0) is 5.54 Å². The summed E-state index contributed by atoms with van der Waals surface area (Å²) in [6.45, 7) is 3.82. The molecule has 0 atom stereocenters. The van der Waals surface area contributed by atoms with Gasteiger partial charge in [-0.15, -0.1) is 0 Å². The molecule has 1 aromatic carbocycles. The summed E-state index contributed by atoms with van der Waals surface area (Å²) < 4.78 is 0. The molecule has 0 unspecified atom stereocenters. The van der Waals surface area contributed by atoms with Gasteiger partial charge in [0.25, 0.3) is 0 Å². The minimum Gasteiger partial charge on any atom is -0.328 e. The zero-order valence-electron chi connectivity index (χ0n) is 8.17. The monoisotopic (exact) mass is 212 g/mol. The normalized spacial score (nSPS) is 10.8. The lowest BCUT2D eigenvalue weighted by molar-refractivity contribution is 0.235. The highest BCUT2D eigenvalue weighted by molar-refractivity contribution is 6.21. The first kappa shape index (κ1) is 10.9. The predicted octanol–water partition coefficient (Wildman–Crippen LogP) is 2.37. The van der Waals surface area contributed by atoms with Gasteiger partial charge in [-0.1, -0.05) is 30.3 Å². The predicted molar refractivity (Wildman–Crippen MR) is 57.0 cm³/mol. The molecule has 0 heterocycles. The molecule has 2 amide bonds. The molecule has 1 rings (SSSR count). The van der Waals surface area contributed by atoms with E-state index in [0.29, 0.717) is 0 Å². The van der Waals surface area contributed by atoms with Crippen molar-refractivity contribution < 1.29 is 4.79 Å². The van der Waals surface area contributed by atoms with Crippen molar-refractivity contribution in [3.8, 4) is 0 Å². The molecule has 0 bridgehead atoms. The van der Waals surface area contributed by atoms with Gasteiger partial charge in [0, 0.05) is 11.8 Å². The van der Waals surface area contributed by atoms with Crippen LogP contribution >= 0.6 is 11.8 Å². The van der Waals surface area contributed by atoms with Gasteiger partial charge in [0.1, 0.15) is 0 Å². The van der Waals surface area contributed by atoms with Gasteiger partial charge < -0.3 is 5.32 Å². The third kappa shape index (κ3) is 2.64. The van der Waals surface area contributed by atoms with Crippen LogP contribution in [0.5, 0.6) is 0 Å². The first-order chi connectivity index (χ1) is 6.56. The Morgan fingerprint density at radius 2 is 1.86 bits per heavy atom. The van der Waals surface area contributed by atoms with E-state index in [-0.39, 0.29) is 0 Å². The van der Waals surface area contributed by atoms with Gasteiger partial charge in [0.05, 0.1) is 5.54 Å². The number of carbonyl (C=O) groups is 1. The second-order valence-electron chi connectivity index (χ2n) is 3.54. The van der Waals surface area contributed by atoms with Gasteiger partial charge in [-0.3, -0.25) is 0 Å². The van der Waals surface area contributed by atoms with Gasteiger partial charge in [-0.2, -0.15) is 0 Å². The van der Waals surface area contributed by atoms with Crippen LogP contribution in [0, 0.1) is 0 Å². The first-order valence-electron chi connectivity index (χ1n) is 4.30. The lowest BCUT2D eigenvalue weighted by Crippen LogP contribution is -2.43. The number of nitrogens with one attached hydrogen (secondary N) is 2. The first-order valence-corrected chi connectivity index (χ1v) is 4.68. The molecule has 0 aliphatic carbocycles. The van der Waals surface area contributed by atoms with E-state index in [4.69, 9.17) is 11.8 Å². The number of hydrogen-bond acceptors (Lipinski definition) is 1. The fourth-order valence-corrected chi connectivity index (χ4v) is 1.28. The van der Waals surface area contributed by atoms with E-state index in [1.165, 1.54) is 0 Å². The molecule has 1 aromatic rings.